The Morgan fingerprint density at radius 2 is 1.93 bits per heavy atom. The van der Waals surface area contributed by atoms with Gasteiger partial charge in [0.2, 0.25) is 0 Å². The van der Waals surface area contributed by atoms with Gasteiger partial charge in [-0.25, -0.2) is 4.79 Å². The van der Waals surface area contributed by atoms with Gasteiger partial charge < -0.3 is 20.2 Å². The van der Waals surface area contributed by atoms with Gasteiger partial charge >= 0.3 is 5.97 Å². The lowest BCUT2D eigenvalue weighted by atomic mass is 9.92. The summed E-state index contributed by atoms with van der Waals surface area (Å²) in [6, 6.07) is 7.98. The Hall–Kier alpha value is -3.02. The lowest BCUT2D eigenvalue weighted by molar-refractivity contribution is -0.141. The fraction of sp³-hybridized carbons (Fsp3) is 0.417. The molecule has 6 heteroatoms. The second-order valence-electron chi connectivity index (χ2n) is 7.97. The van der Waals surface area contributed by atoms with Gasteiger partial charge in [0.1, 0.15) is 17.5 Å². The molecule has 1 fully saturated rings. The molecule has 30 heavy (non-hydrogen) atoms. The molecule has 3 rings (SSSR count). The Morgan fingerprint density at radius 1 is 1.17 bits per heavy atom. The summed E-state index contributed by atoms with van der Waals surface area (Å²) < 4.78 is 0. The molecule has 160 valence electrons. The molecule has 0 bridgehead atoms. The van der Waals surface area contributed by atoms with Gasteiger partial charge in [-0.05, 0) is 49.8 Å². The molecule has 1 aliphatic heterocycles. The van der Waals surface area contributed by atoms with E-state index >= 15 is 0 Å². The molecule has 0 aliphatic carbocycles. The molecule has 2 aromatic rings. The summed E-state index contributed by atoms with van der Waals surface area (Å²) >= 11 is 0. The standard InChI is InChI=1S/C24H29NO5/c1-3-4-5-9-17-14-19(26)20(16-10-6-8-15(2)13-16)22(27)21(17)23(28)25-12-7-11-18(25)24(29)30/h6,8,10,13-14,18,26-27H,3-5,7,9,11-12H2,1-2H3,(H,29,30)/t18-/m1/s1. The summed E-state index contributed by atoms with van der Waals surface area (Å²) in [7, 11) is 0. The van der Waals surface area contributed by atoms with E-state index in [1.165, 1.54) is 4.90 Å². The van der Waals surface area contributed by atoms with Crippen molar-refractivity contribution in [2.45, 2.75) is 58.4 Å². The van der Waals surface area contributed by atoms with Crippen LogP contribution in [0.3, 0.4) is 0 Å². The number of aliphatic carboxylic acids is 1. The van der Waals surface area contributed by atoms with Crippen LogP contribution in [0.4, 0.5) is 0 Å². The number of hydrogen-bond donors (Lipinski definition) is 3. The van der Waals surface area contributed by atoms with E-state index in [0.717, 1.165) is 24.8 Å². The smallest absolute Gasteiger partial charge is 0.326 e. The fourth-order valence-electron chi connectivity index (χ4n) is 4.20. The molecule has 2 aromatic carbocycles. The Labute approximate surface area is 176 Å². The maximum Gasteiger partial charge on any atom is 0.326 e. The molecule has 3 N–H and O–H groups in total. The Morgan fingerprint density at radius 3 is 2.60 bits per heavy atom. The van der Waals surface area contributed by atoms with Gasteiger partial charge in [0.05, 0.1) is 11.1 Å². The number of benzene rings is 2. The Bertz CT molecular complexity index is 953. The Kier molecular flexibility index (Phi) is 6.65. The van der Waals surface area contributed by atoms with E-state index < -0.39 is 17.9 Å². The van der Waals surface area contributed by atoms with E-state index in [0.29, 0.717) is 36.9 Å². The van der Waals surface area contributed by atoms with Crippen LogP contribution in [-0.4, -0.2) is 44.7 Å². The number of nitrogens with zero attached hydrogens (tertiary/aromatic N) is 1. The third-order valence-corrected chi connectivity index (χ3v) is 5.73. The maximum atomic E-state index is 13.4. The molecular formula is C24H29NO5. The highest BCUT2D eigenvalue weighted by Gasteiger charge is 2.37. The first-order valence-corrected chi connectivity index (χ1v) is 10.5. The highest BCUT2D eigenvalue weighted by molar-refractivity contribution is 6.03. The summed E-state index contributed by atoms with van der Waals surface area (Å²) in [5.41, 5.74) is 2.42. The predicted molar refractivity (Wildman–Crippen MR) is 115 cm³/mol. The zero-order chi connectivity index (χ0) is 21.8. The van der Waals surface area contributed by atoms with Gasteiger partial charge in [-0.15, -0.1) is 0 Å². The molecule has 1 amide bonds. The highest BCUT2D eigenvalue weighted by atomic mass is 16.4. The van der Waals surface area contributed by atoms with Crippen LogP contribution in [-0.2, 0) is 11.2 Å². The molecular weight excluding hydrogens is 382 g/mol. The molecule has 0 spiro atoms. The number of carboxylic acid groups (broad SMARTS) is 1. The van der Waals surface area contributed by atoms with Crippen molar-refractivity contribution in [3.05, 3.63) is 47.0 Å². The first-order valence-electron chi connectivity index (χ1n) is 10.5. The second kappa shape index (κ2) is 9.20. The van der Waals surface area contributed by atoms with Gasteiger partial charge in [-0.3, -0.25) is 4.79 Å². The zero-order valence-electron chi connectivity index (χ0n) is 17.5. The van der Waals surface area contributed by atoms with Gasteiger partial charge in [0.25, 0.3) is 5.91 Å². The average Bonchev–Trinajstić information content (AvgIpc) is 3.18. The number of phenolic OH excluding ortho intramolecular Hbond substituents is 2. The van der Waals surface area contributed by atoms with Crippen LogP contribution in [0, 0.1) is 6.92 Å². The average molecular weight is 411 g/mol. The van der Waals surface area contributed by atoms with Gasteiger partial charge in [0, 0.05) is 6.54 Å². The number of carbonyl (C=O) groups excluding carboxylic acids is 1. The summed E-state index contributed by atoms with van der Waals surface area (Å²) in [5, 5.41) is 31.4. The molecule has 0 saturated carbocycles. The van der Waals surface area contributed by atoms with Crippen molar-refractivity contribution in [3.63, 3.8) is 0 Å². The minimum absolute atomic E-state index is 0.0858. The van der Waals surface area contributed by atoms with Crippen LogP contribution in [0.5, 0.6) is 11.5 Å². The van der Waals surface area contributed by atoms with Crippen molar-refractivity contribution in [1.82, 2.24) is 4.90 Å². The monoisotopic (exact) mass is 411 g/mol. The van der Waals surface area contributed by atoms with E-state index in [1.54, 1.807) is 12.1 Å². The molecule has 1 saturated heterocycles. The van der Waals surface area contributed by atoms with Gasteiger partial charge in [-0.2, -0.15) is 0 Å². The van der Waals surface area contributed by atoms with Crippen LogP contribution >= 0.6 is 0 Å². The topological polar surface area (TPSA) is 98.1 Å². The first kappa shape index (κ1) is 21.7. The predicted octanol–water partition coefficient (Wildman–Crippen LogP) is 4.50. The van der Waals surface area contributed by atoms with Crippen molar-refractivity contribution in [2.24, 2.45) is 0 Å². The zero-order valence-corrected chi connectivity index (χ0v) is 17.5. The summed E-state index contributed by atoms with van der Waals surface area (Å²) in [6.07, 6.45) is 4.29. The molecule has 0 unspecified atom stereocenters. The number of unbranched alkanes of at least 4 members (excludes halogenated alkanes) is 2. The maximum absolute atomic E-state index is 13.4. The van der Waals surface area contributed by atoms with Gasteiger partial charge in [0.15, 0.2) is 0 Å². The molecule has 1 heterocycles. The van der Waals surface area contributed by atoms with Crippen LogP contribution in [0.1, 0.15) is 60.5 Å². The van der Waals surface area contributed by atoms with Gasteiger partial charge in [-0.1, -0.05) is 49.6 Å². The van der Waals surface area contributed by atoms with Crippen molar-refractivity contribution >= 4 is 11.9 Å². The number of aryl methyl sites for hydroxylation is 2. The summed E-state index contributed by atoms with van der Waals surface area (Å²) in [6.45, 7) is 4.32. The summed E-state index contributed by atoms with van der Waals surface area (Å²) in [4.78, 5) is 26.4. The van der Waals surface area contributed by atoms with Crippen molar-refractivity contribution in [2.75, 3.05) is 6.54 Å². The van der Waals surface area contributed by atoms with Crippen molar-refractivity contribution in [1.29, 1.82) is 0 Å². The third kappa shape index (κ3) is 4.27. The van der Waals surface area contributed by atoms with Crippen LogP contribution in [0.15, 0.2) is 30.3 Å². The molecule has 1 aliphatic rings. The normalized spacial score (nSPS) is 16.1. The molecule has 0 radical (unpaired) electrons. The molecule has 1 atom stereocenters. The molecule has 0 aromatic heterocycles. The van der Waals surface area contributed by atoms with E-state index in [2.05, 4.69) is 6.92 Å². The van der Waals surface area contributed by atoms with E-state index in [1.807, 2.05) is 25.1 Å². The number of aromatic hydroxyl groups is 2. The molecule has 6 nitrogen and oxygen atoms in total. The first-order chi connectivity index (χ1) is 14.3. The highest BCUT2D eigenvalue weighted by Crippen LogP contribution is 2.43. The van der Waals surface area contributed by atoms with Crippen LogP contribution in [0.2, 0.25) is 0 Å². The lowest BCUT2D eigenvalue weighted by Gasteiger charge is -2.24. The Balaban J connectivity index is 2.13. The lowest BCUT2D eigenvalue weighted by Crippen LogP contribution is -2.40. The van der Waals surface area contributed by atoms with Crippen molar-refractivity contribution in [3.8, 4) is 22.6 Å². The minimum atomic E-state index is -1.04. The van der Waals surface area contributed by atoms with Crippen LogP contribution in [0.25, 0.3) is 11.1 Å². The number of hydrogen-bond acceptors (Lipinski definition) is 4. The fourth-order valence-corrected chi connectivity index (χ4v) is 4.20. The number of carboxylic acids is 1. The number of phenols is 2. The second-order valence-corrected chi connectivity index (χ2v) is 7.97. The largest absolute Gasteiger partial charge is 0.507 e. The van der Waals surface area contributed by atoms with E-state index in [9.17, 15) is 24.9 Å². The number of carbonyl (C=O) groups is 2. The number of likely N-dealkylation sites (tertiary alicyclic amines) is 1. The van der Waals surface area contributed by atoms with Crippen molar-refractivity contribution < 1.29 is 24.9 Å². The number of amides is 1. The van der Waals surface area contributed by atoms with Crippen LogP contribution < -0.4 is 0 Å². The van der Waals surface area contributed by atoms with E-state index in [4.69, 9.17) is 0 Å². The minimum Gasteiger partial charge on any atom is -0.507 e. The summed E-state index contributed by atoms with van der Waals surface area (Å²) in [5.74, 6) is -1.89. The SMILES string of the molecule is CCCCCc1cc(O)c(-c2cccc(C)c2)c(O)c1C(=O)N1CCC[C@@H]1C(=O)O. The number of rotatable bonds is 7. The quantitative estimate of drug-likeness (QED) is 0.583. The third-order valence-electron chi connectivity index (χ3n) is 5.73. The van der Waals surface area contributed by atoms with E-state index in [-0.39, 0.29) is 22.6 Å².